The van der Waals surface area contributed by atoms with Crippen LogP contribution in [0, 0.1) is 11.6 Å². The fourth-order valence-electron chi connectivity index (χ4n) is 1.41. The van der Waals surface area contributed by atoms with E-state index in [1.165, 1.54) is 13.2 Å². The number of aromatic nitrogens is 1. The molecule has 0 amide bonds. The maximum Gasteiger partial charge on any atom is 0.354 e. The average molecular weight is 227 g/mol. The summed E-state index contributed by atoms with van der Waals surface area (Å²) in [4.78, 5) is 13.5. The van der Waals surface area contributed by atoms with Crippen molar-refractivity contribution in [3.8, 4) is 5.75 Å². The number of fused-ring (bicyclic) bond motifs is 1. The number of nitrogens with one attached hydrogen (secondary N) is 1. The Balaban J connectivity index is 2.71. The van der Waals surface area contributed by atoms with Crippen molar-refractivity contribution >= 4 is 16.9 Å². The number of phenolic OH excluding ortho intramolecular Hbond substituents is 1. The summed E-state index contributed by atoms with van der Waals surface area (Å²) in [5.74, 6) is -3.99. The lowest BCUT2D eigenvalue weighted by atomic mass is 10.2. The normalized spacial score (nSPS) is 10.7. The molecule has 6 heteroatoms. The number of H-pyrrole nitrogens is 1. The first kappa shape index (κ1) is 10.4. The van der Waals surface area contributed by atoms with E-state index in [0.29, 0.717) is 0 Å². The lowest BCUT2D eigenvalue weighted by Gasteiger charge is -1.97. The largest absolute Gasteiger partial charge is 0.503 e. The van der Waals surface area contributed by atoms with E-state index in [9.17, 15) is 13.6 Å². The number of carbonyl (C=O) groups excluding carboxylic acids is 1. The highest BCUT2D eigenvalue weighted by atomic mass is 19.1. The van der Waals surface area contributed by atoms with Crippen molar-refractivity contribution in [1.29, 1.82) is 0 Å². The summed E-state index contributed by atoms with van der Waals surface area (Å²) in [6.45, 7) is 0. The summed E-state index contributed by atoms with van der Waals surface area (Å²) in [6.07, 6.45) is 0. The Hall–Kier alpha value is -2.11. The zero-order valence-corrected chi connectivity index (χ0v) is 8.17. The SMILES string of the molecule is COC(=O)c1cc2cc(F)c(O)c(F)c2[nH]1. The number of phenols is 1. The summed E-state index contributed by atoms with van der Waals surface area (Å²) in [6, 6.07) is 2.17. The molecule has 0 saturated carbocycles. The van der Waals surface area contributed by atoms with Crippen LogP contribution in [-0.4, -0.2) is 23.2 Å². The van der Waals surface area contributed by atoms with Crippen LogP contribution in [0.4, 0.5) is 8.78 Å². The first-order valence-corrected chi connectivity index (χ1v) is 4.32. The number of benzene rings is 1. The summed E-state index contributed by atoms with van der Waals surface area (Å²) < 4.78 is 30.8. The van der Waals surface area contributed by atoms with E-state index in [2.05, 4.69) is 9.72 Å². The van der Waals surface area contributed by atoms with Gasteiger partial charge in [-0.2, -0.15) is 0 Å². The van der Waals surface area contributed by atoms with Gasteiger partial charge in [-0.25, -0.2) is 13.6 Å². The Morgan fingerprint density at radius 2 is 2.12 bits per heavy atom. The predicted octanol–water partition coefficient (Wildman–Crippen LogP) is 1.94. The molecule has 0 aliphatic carbocycles. The highest BCUT2D eigenvalue weighted by molar-refractivity contribution is 5.95. The van der Waals surface area contributed by atoms with Crippen LogP contribution in [-0.2, 0) is 4.74 Å². The smallest absolute Gasteiger partial charge is 0.354 e. The number of rotatable bonds is 1. The predicted molar refractivity (Wildman–Crippen MR) is 51.2 cm³/mol. The van der Waals surface area contributed by atoms with Crippen LogP contribution in [0.3, 0.4) is 0 Å². The highest BCUT2D eigenvalue weighted by Crippen LogP contribution is 2.28. The lowest BCUT2D eigenvalue weighted by molar-refractivity contribution is 0.0595. The van der Waals surface area contributed by atoms with Crippen LogP contribution in [0.5, 0.6) is 5.75 Å². The second-order valence-corrected chi connectivity index (χ2v) is 3.16. The Morgan fingerprint density at radius 1 is 1.44 bits per heavy atom. The molecule has 0 spiro atoms. The Labute approximate surface area is 88.5 Å². The van der Waals surface area contributed by atoms with Crippen LogP contribution in [0.25, 0.3) is 10.9 Å². The van der Waals surface area contributed by atoms with Crippen LogP contribution in [0.15, 0.2) is 12.1 Å². The average Bonchev–Trinajstić information content (AvgIpc) is 2.69. The Kier molecular flexibility index (Phi) is 2.26. The molecular weight excluding hydrogens is 220 g/mol. The molecule has 84 valence electrons. The van der Waals surface area contributed by atoms with Gasteiger partial charge in [0.1, 0.15) is 5.69 Å². The molecule has 0 aliphatic heterocycles. The molecule has 0 radical (unpaired) electrons. The zero-order chi connectivity index (χ0) is 11.9. The van der Waals surface area contributed by atoms with Crippen molar-refractivity contribution in [2.24, 2.45) is 0 Å². The van der Waals surface area contributed by atoms with Gasteiger partial charge in [-0.15, -0.1) is 0 Å². The van der Waals surface area contributed by atoms with E-state index in [4.69, 9.17) is 5.11 Å². The molecule has 0 bridgehead atoms. The van der Waals surface area contributed by atoms with Gasteiger partial charge in [0, 0.05) is 5.39 Å². The van der Waals surface area contributed by atoms with E-state index in [0.717, 1.165) is 6.07 Å². The first-order valence-electron chi connectivity index (χ1n) is 4.32. The molecule has 16 heavy (non-hydrogen) atoms. The number of hydrogen-bond donors (Lipinski definition) is 2. The minimum Gasteiger partial charge on any atom is -0.503 e. The number of methoxy groups -OCH3 is 1. The van der Waals surface area contributed by atoms with E-state index in [-0.39, 0.29) is 16.6 Å². The van der Waals surface area contributed by atoms with Gasteiger partial charge in [-0.3, -0.25) is 0 Å². The highest BCUT2D eigenvalue weighted by Gasteiger charge is 2.17. The van der Waals surface area contributed by atoms with Crippen LogP contribution < -0.4 is 0 Å². The van der Waals surface area contributed by atoms with Crippen molar-refractivity contribution in [2.75, 3.05) is 7.11 Å². The van der Waals surface area contributed by atoms with E-state index < -0.39 is 23.4 Å². The monoisotopic (exact) mass is 227 g/mol. The number of esters is 1. The number of aromatic hydroxyl groups is 1. The van der Waals surface area contributed by atoms with Gasteiger partial charge in [0.25, 0.3) is 0 Å². The standard InChI is InChI=1S/C10H7F2NO3/c1-16-10(15)6-3-4-2-5(11)9(14)7(12)8(4)13-6/h2-3,13-14H,1H3. The van der Waals surface area contributed by atoms with E-state index >= 15 is 0 Å². The number of carbonyl (C=O) groups is 1. The Bertz CT molecular complexity index is 577. The maximum atomic E-state index is 13.4. The molecule has 1 aromatic carbocycles. The molecule has 0 saturated heterocycles. The van der Waals surface area contributed by atoms with Gasteiger partial charge < -0.3 is 14.8 Å². The third-order valence-corrected chi connectivity index (χ3v) is 2.19. The number of ether oxygens (including phenoxy) is 1. The third-order valence-electron chi connectivity index (χ3n) is 2.19. The van der Waals surface area contributed by atoms with Crippen molar-refractivity contribution < 1.29 is 23.4 Å². The minimum absolute atomic E-state index is 0.0126. The fraction of sp³-hybridized carbons (Fsp3) is 0.100. The molecular formula is C10H7F2NO3. The molecule has 4 nitrogen and oxygen atoms in total. The fourth-order valence-corrected chi connectivity index (χ4v) is 1.41. The molecule has 0 atom stereocenters. The number of aromatic amines is 1. The van der Waals surface area contributed by atoms with E-state index in [1.807, 2.05) is 0 Å². The maximum absolute atomic E-state index is 13.4. The van der Waals surface area contributed by atoms with Gasteiger partial charge in [0.05, 0.1) is 12.6 Å². The molecule has 1 heterocycles. The van der Waals surface area contributed by atoms with Gasteiger partial charge in [-0.1, -0.05) is 0 Å². The molecule has 0 aliphatic rings. The lowest BCUT2D eigenvalue weighted by Crippen LogP contribution is -2.00. The second-order valence-electron chi connectivity index (χ2n) is 3.16. The van der Waals surface area contributed by atoms with Crippen LogP contribution >= 0.6 is 0 Å². The Morgan fingerprint density at radius 3 is 2.75 bits per heavy atom. The summed E-state index contributed by atoms with van der Waals surface area (Å²) in [5.41, 5.74) is -0.152. The molecule has 0 unspecified atom stereocenters. The minimum atomic E-state index is -1.13. The van der Waals surface area contributed by atoms with Crippen LogP contribution in [0.2, 0.25) is 0 Å². The summed E-state index contributed by atoms with van der Waals surface area (Å²) >= 11 is 0. The molecule has 2 aromatic rings. The third kappa shape index (κ3) is 1.39. The van der Waals surface area contributed by atoms with Crippen molar-refractivity contribution in [1.82, 2.24) is 4.98 Å². The number of hydrogen-bond acceptors (Lipinski definition) is 3. The van der Waals surface area contributed by atoms with Gasteiger partial charge in [0.15, 0.2) is 17.4 Å². The molecule has 2 N–H and O–H groups in total. The van der Waals surface area contributed by atoms with Crippen molar-refractivity contribution in [2.45, 2.75) is 0 Å². The first-order chi connectivity index (χ1) is 7.54. The molecule has 1 aromatic heterocycles. The number of halogens is 2. The quantitative estimate of drug-likeness (QED) is 0.732. The topological polar surface area (TPSA) is 62.3 Å². The van der Waals surface area contributed by atoms with Gasteiger partial charge >= 0.3 is 5.97 Å². The van der Waals surface area contributed by atoms with Gasteiger partial charge in [0.2, 0.25) is 0 Å². The van der Waals surface area contributed by atoms with Crippen LogP contribution in [0.1, 0.15) is 10.5 Å². The zero-order valence-electron chi connectivity index (χ0n) is 8.17. The summed E-state index contributed by atoms with van der Waals surface area (Å²) in [7, 11) is 1.17. The summed E-state index contributed by atoms with van der Waals surface area (Å²) in [5, 5.41) is 9.17. The van der Waals surface area contributed by atoms with E-state index in [1.54, 1.807) is 0 Å². The van der Waals surface area contributed by atoms with Crippen molar-refractivity contribution in [3.63, 3.8) is 0 Å². The van der Waals surface area contributed by atoms with Gasteiger partial charge in [-0.05, 0) is 12.1 Å². The molecule has 2 rings (SSSR count). The second kappa shape index (κ2) is 3.48. The molecule has 0 fully saturated rings. The van der Waals surface area contributed by atoms with Crippen molar-refractivity contribution in [3.05, 3.63) is 29.5 Å².